The summed E-state index contributed by atoms with van der Waals surface area (Å²) in [4.78, 5) is 57.6. The number of hydrogen-bond donors (Lipinski definition) is 6. The fourth-order valence-corrected chi connectivity index (χ4v) is 2.27. The van der Waals surface area contributed by atoms with E-state index in [0.717, 1.165) is 0 Å². The number of carboxylic acids is 1. The van der Waals surface area contributed by atoms with E-state index in [1.165, 1.54) is 0 Å². The number of rotatable bonds is 13. The van der Waals surface area contributed by atoms with Gasteiger partial charge in [-0.25, -0.2) is 4.79 Å². The molecule has 0 heterocycles. The molecule has 0 aliphatic heterocycles. The Kier molecular flexibility index (Phi) is 10.7. The summed E-state index contributed by atoms with van der Waals surface area (Å²) < 4.78 is 0. The van der Waals surface area contributed by atoms with Crippen LogP contribution < -0.4 is 27.8 Å². The van der Waals surface area contributed by atoms with E-state index in [1.54, 1.807) is 0 Å². The van der Waals surface area contributed by atoms with E-state index in [-0.39, 0.29) is 31.6 Å². The van der Waals surface area contributed by atoms with E-state index in [2.05, 4.69) is 10.6 Å². The van der Waals surface area contributed by atoms with Gasteiger partial charge in [0.25, 0.3) is 0 Å². The lowest BCUT2D eigenvalue weighted by Gasteiger charge is -2.23. The Balaban J connectivity index is 5.09. The Morgan fingerprint density at radius 3 is 1.70 bits per heavy atom. The molecule has 4 amide bonds. The zero-order valence-corrected chi connectivity index (χ0v) is 15.6. The maximum Gasteiger partial charge on any atom is 0.326 e. The van der Waals surface area contributed by atoms with Crippen LogP contribution in [0.15, 0.2) is 0 Å². The molecular formula is C16H29N5O6. The normalized spacial score (nSPS) is 14.1. The maximum atomic E-state index is 12.4. The smallest absolute Gasteiger partial charge is 0.326 e. The van der Waals surface area contributed by atoms with Gasteiger partial charge in [0.15, 0.2) is 0 Å². The highest BCUT2D eigenvalue weighted by Gasteiger charge is 2.28. The molecule has 3 atom stereocenters. The molecule has 9 N–H and O–H groups in total. The second kappa shape index (κ2) is 11.8. The van der Waals surface area contributed by atoms with Gasteiger partial charge in [0.2, 0.25) is 23.6 Å². The summed E-state index contributed by atoms with van der Waals surface area (Å²) in [5.41, 5.74) is 15.8. The molecule has 0 bridgehead atoms. The van der Waals surface area contributed by atoms with Crippen LogP contribution in [0.25, 0.3) is 0 Å². The molecule has 11 nitrogen and oxygen atoms in total. The lowest BCUT2D eigenvalue weighted by Crippen LogP contribution is -2.54. The van der Waals surface area contributed by atoms with Crippen molar-refractivity contribution in [3.8, 4) is 0 Å². The number of nitrogens with two attached hydrogens (primary N) is 3. The first-order valence-electron chi connectivity index (χ1n) is 8.59. The van der Waals surface area contributed by atoms with Crippen LogP contribution in [-0.2, 0) is 24.0 Å². The number of primary amides is 2. The second-order valence-electron chi connectivity index (χ2n) is 6.71. The Morgan fingerprint density at radius 2 is 1.30 bits per heavy atom. The van der Waals surface area contributed by atoms with Crippen LogP contribution in [0.2, 0.25) is 0 Å². The predicted molar refractivity (Wildman–Crippen MR) is 95.8 cm³/mol. The van der Waals surface area contributed by atoms with Crippen LogP contribution in [-0.4, -0.2) is 52.8 Å². The molecule has 0 saturated carbocycles. The number of amides is 4. The van der Waals surface area contributed by atoms with Crippen LogP contribution in [0.4, 0.5) is 0 Å². The van der Waals surface area contributed by atoms with Crippen molar-refractivity contribution in [1.29, 1.82) is 0 Å². The summed E-state index contributed by atoms with van der Waals surface area (Å²) in [6.07, 6.45) is -0.388. The molecule has 0 aliphatic carbocycles. The van der Waals surface area contributed by atoms with E-state index in [0.29, 0.717) is 6.42 Å². The van der Waals surface area contributed by atoms with Gasteiger partial charge in [0, 0.05) is 12.8 Å². The molecule has 0 aromatic rings. The first-order valence-corrected chi connectivity index (χ1v) is 8.59. The number of nitrogens with one attached hydrogen (secondary N) is 2. The Bertz CT molecular complexity index is 566. The van der Waals surface area contributed by atoms with Crippen LogP contribution in [0.1, 0.15) is 46.0 Å². The molecule has 0 saturated heterocycles. The van der Waals surface area contributed by atoms with Gasteiger partial charge in [0.1, 0.15) is 12.1 Å². The number of aliphatic carboxylic acids is 1. The number of carbonyl (C=O) groups excluding carboxylic acids is 4. The molecule has 154 valence electrons. The van der Waals surface area contributed by atoms with Crippen molar-refractivity contribution in [1.82, 2.24) is 10.6 Å². The minimum Gasteiger partial charge on any atom is -0.480 e. The zero-order valence-electron chi connectivity index (χ0n) is 15.6. The molecule has 0 aromatic heterocycles. The van der Waals surface area contributed by atoms with Crippen molar-refractivity contribution >= 4 is 29.6 Å². The fraction of sp³-hybridized carbons (Fsp3) is 0.688. The summed E-state index contributed by atoms with van der Waals surface area (Å²) in [6, 6.07) is -3.43. The van der Waals surface area contributed by atoms with E-state index < -0.39 is 47.7 Å². The summed E-state index contributed by atoms with van der Waals surface area (Å²) >= 11 is 0. The number of carboxylic acid groups (broad SMARTS) is 1. The number of carbonyl (C=O) groups is 5. The molecule has 0 aliphatic rings. The van der Waals surface area contributed by atoms with Crippen molar-refractivity contribution in [3.05, 3.63) is 0 Å². The third-order valence-electron chi connectivity index (χ3n) is 3.67. The largest absolute Gasteiger partial charge is 0.480 e. The Labute approximate surface area is 157 Å². The highest BCUT2D eigenvalue weighted by Crippen LogP contribution is 2.06. The highest BCUT2D eigenvalue weighted by atomic mass is 16.4. The monoisotopic (exact) mass is 387 g/mol. The standard InChI is InChI=1S/C16H29N5O6/c1-8(2)7-9(17)14(24)20-10(3-5-12(18)22)15(25)21-11(16(26)27)4-6-13(19)23/h8-11H,3-7,17H2,1-2H3,(H2,18,22)(H2,19,23)(H,20,24)(H,21,25)(H,26,27). The van der Waals surface area contributed by atoms with Gasteiger partial charge in [-0.05, 0) is 25.2 Å². The Morgan fingerprint density at radius 1 is 0.852 bits per heavy atom. The van der Waals surface area contributed by atoms with Crippen LogP contribution in [0.5, 0.6) is 0 Å². The zero-order chi connectivity index (χ0) is 21.1. The van der Waals surface area contributed by atoms with Gasteiger partial charge in [-0.3, -0.25) is 19.2 Å². The molecule has 0 spiro atoms. The molecule has 0 aromatic carbocycles. The summed E-state index contributed by atoms with van der Waals surface area (Å²) in [5, 5.41) is 13.8. The fourth-order valence-electron chi connectivity index (χ4n) is 2.27. The average molecular weight is 387 g/mol. The molecule has 11 heteroatoms. The highest BCUT2D eigenvalue weighted by molar-refractivity contribution is 5.92. The molecular weight excluding hydrogens is 358 g/mol. The molecule has 3 unspecified atom stereocenters. The molecule has 0 radical (unpaired) electrons. The van der Waals surface area contributed by atoms with Crippen molar-refractivity contribution in [2.45, 2.75) is 64.1 Å². The first kappa shape index (κ1) is 24.3. The van der Waals surface area contributed by atoms with Crippen LogP contribution in [0, 0.1) is 5.92 Å². The van der Waals surface area contributed by atoms with Gasteiger partial charge in [-0.2, -0.15) is 0 Å². The number of hydrogen-bond acceptors (Lipinski definition) is 6. The van der Waals surface area contributed by atoms with Crippen molar-refractivity contribution in [2.75, 3.05) is 0 Å². The second-order valence-corrected chi connectivity index (χ2v) is 6.71. The lowest BCUT2D eigenvalue weighted by molar-refractivity contribution is -0.142. The SMILES string of the molecule is CC(C)CC(N)C(=O)NC(CCC(N)=O)C(=O)NC(CCC(N)=O)C(=O)O. The van der Waals surface area contributed by atoms with E-state index in [1.807, 2.05) is 13.8 Å². The van der Waals surface area contributed by atoms with Gasteiger partial charge in [-0.15, -0.1) is 0 Å². The third-order valence-corrected chi connectivity index (χ3v) is 3.67. The molecule has 27 heavy (non-hydrogen) atoms. The van der Waals surface area contributed by atoms with Gasteiger partial charge in [0.05, 0.1) is 6.04 Å². The van der Waals surface area contributed by atoms with Gasteiger partial charge >= 0.3 is 5.97 Å². The lowest BCUT2D eigenvalue weighted by atomic mass is 10.0. The third kappa shape index (κ3) is 10.8. The van der Waals surface area contributed by atoms with Crippen molar-refractivity contribution < 1.29 is 29.1 Å². The average Bonchev–Trinajstić information content (AvgIpc) is 2.53. The predicted octanol–water partition coefficient (Wildman–Crippen LogP) is -2.05. The van der Waals surface area contributed by atoms with Crippen LogP contribution in [0.3, 0.4) is 0 Å². The minimum absolute atomic E-state index is 0.122. The molecule has 0 rings (SSSR count). The van der Waals surface area contributed by atoms with Crippen molar-refractivity contribution in [3.63, 3.8) is 0 Å². The summed E-state index contributed by atoms with van der Waals surface area (Å²) in [5.74, 6) is -4.03. The van der Waals surface area contributed by atoms with E-state index in [9.17, 15) is 24.0 Å². The van der Waals surface area contributed by atoms with E-state index in [4.69, 9.17) is 22.3 Å². The maximum absolute atomic E-state index is 12.4. The summed E-state index contributed by atoms with van der Waals surface area (Å²) in [7, 11) is 0. The van der Waals surface area contributed by atoms with Crippen LogP contribution >= 0.6 is 0 Å². The molecule has 0 fully saturated rings. The first-order chi connectivity index (χ1) is 12.4. The summed E-state index contributed by atoms with van der Waals surface area (Å²) in [6.45, 7) is 3.75. The Hall–Kier alpha value is -2.69. The topological polar surface area (TPSA) is 208 Å². The van der Waals surface area contributed by atoms with Gasteiger partial charge < -0.3 is 32.9 Å². The van der Waals surface area contributed by atoms with Gasteiger partial charge in [-0.1, -0.05) is 13.8 Å². The quantitative estimate of drug-likeness (QED) is 0.208. The van der Waals surface area contributed by atoms with Crippen molar-refractivity contribution in [2.24, 2.45) is 23.1 Å². The van der Waals surface area contributed by atoms with E-state index >= 15 is 0 Å². The minimum atomic E-state index is -1.37.